The fourth-order valence-corrected chi connectivity index (χ4v) is 2.14. The van der Waals surface area contributed by atoms with Crippen molar-refractivity contribution in [3.63, 3.8) is 0 Å². The molecular weight excluding hydrogens is 265 g/mol. The Bertz CT molecular complexity index is 574. The van der Waals surface area contributed by atoms with E-state index in [1.807, 2.05) is 6.92 Å². The lowest BCUT2D eigenvalue weighted by Crippen LogP contribution is -2.24. The van der Waals surface area contributed by atoms with Gasteiger partial charge in [0, 0.05) is 34.2 Å². The van der Waals surface area contributed by atoms with Crippen molar-refractivity contribution in [2.75, 3.05) is 12.3 Å². The van der Waals surface area contributed by atoms with Crippen molar-refractivity contribution in [1.82, 2.24) is 10.3 Å². The van der Waals surface area contributed by atoms with E-state index >= 15 is 0 Å². The molecule has 0 bridgehead atoms. The monoisotopic (exact) mass is 279 g/mol. The molecule has 0 fully saturated rings. The Morgan fingerprint density at radius 3 is 2.79 bits per heavy atom. The van der Waals surface area contributed by atoms with Crippen LogP contribution in [-0.4, -0.2) is 11.5 Å². The molecule has 3 nitrogen and oxygen atoms in total. The molecule has 0 aliphatic rings. The Kier molecular flexibility index (Phi) is 4.35. The van der Waals surface area contributed by atoms with Gasteiger partial charge in [0.2, 0.25) is 0 Å². The maximum atomic E-state index is 14.1. The summed E-state index contributed by atoms with van der Waals surface area (Å²) in [6.07, 6.45) is 3.26. The molecule has 5 heteroatoms. The molecule has 1 aromatic carbocycles. The maximum absolute atomic E-state index is 14.1. The molecule has 0 spiro atoms. The van der Waals surface area contributed by atoms with Crippen LogP contribution in [0.1, 0.15) is 24.1 Å². The summed E-state index contributed by atoms with van der Waals surface area (Å²) in [4.78, 5) is 4.05. The van der Waals surface area contributed by atoms with E-state index in [4.69, 9.17) is 17.3 Å². The molecule has 0 radical (unpaired) electrons. The Hall–Kier alpha value is -1.65. The van der Waals surface area contributed by atoms with Crippen LogP contribution in [0.25, 0.3) is 0 Å². The predicted octanol–water partition coefficient (Wildman–Crippen LogP) is 3.16. The van der Waals surface area contributed by atoms with E-state index in [0.29, 0.717) is 22.8 Å². The lowest BCUT2D eigenvalue weighted by atomic mass is 9.98. The fraction of sp³-hybridized carbons (Fsp3) is 0.214. The number of nitrogens with zero attached hydrogens (tertiary/aromatic N) is 1. The number of halogens is 2. The minimum atomic E-state index is -0.360. The van der Waals surface area contributed by atoms with Gasteiger partial charge in [-0.25, -0.2) is 4.39 Å². The summed E-state index contributed by atoms with van der Waals surface area (Å²) in [5.41, 5.74) is 7.78. The molecule has 3 N–H and O–H groups in total. The predicted molar refractivity (Wildman–Crippen MR) is 75.6 cm³/mol. The first-order valence-corrected chi connectivity index (χ1v) is 6.39. The van der Waals surface area contributed by atoms with Crippen molar-refractivity contribution in [2.45, 2.75) is 13.0 Å². The van der Waals surface area contributed by atoms with Crippen LogP contribution in [0.3, 0.4) is 0 Å². The zero-order valence-electron chi connectivity index (χ0n) is 10.5. The van der Waals surface area contributed by atoms with E-state index in [1.54, 1.807) is 30.6 Å². The van der Waals surface area contributed by atoms with Gasteiger partial charge in [-0.05, 0) is 24.7 Å². The molecule has 1 heterocycles. The van der Waals surface area contributed by atoms with Crippen LogP contribution in [0.2, 0.25) is 5.02 Å². The first-order chi connectivity index (χ1) is 9.13. The Morgan fingerprint density at radius 2 is 2.16 bits per heavy atom. The first-order valence-electron chi connectivity index (χ1n) is 6.01. The van der Waals surface area contributed by atoms with Gasteiger partial charge in [0.1, 0.15) is 5.82 Å². The van der Waals surface area contributed by atoms with Crippen LogP contribution < -0.4 is 11.1 Å². The molecule has 1 unspecified atom stereocenters. The SMILES string of the molecule is CCNC(c1cnccc1N)c1ccc(Cl)cc1F. The van der Waals surface area contributed by atoms with Gasteiger partial charge in [-0.3, -0.25) is 4.98 Å². The third-order valence-electron chi connectivity index (χ3n) is 2.88. The summed E-state index contributed by atoms with van der Waals surface area (Å²) in [6, 6.07) is 5.99. The molecule has 0 saturated heterocycles. The second-order valence-electron chi connectivity index (χ2n) is 4.16. The molecular formula is C14H15ClFN3. The molecule has 19 heavy (non-hydrogen) atoms. The summed E-state index contributed by atoms with van der Waals surface area (Å²) in [7, 11) is 0. The molecule has 1 atom stereocenters. The third kappa shape index (κ3) is 3.03. The molecule has 0 aliphatic heterocycles. The zero-order chi connectivity index (χ0) is 13.8. The minimum absolute atomic E-state index is 0.337. The maximum Gasteiger partial charge on any atom is 0.129 e. The number of rotatable bonds is 4. The van der Waals surface area contributed by atoms with Gasteiger partial charge in [0.25, 0.3) is 0 Å². The third-order valence-corrected chi connectivity index (χ3v) is 3.11. The first kappa shape index (κ1) is 13.8. The second-order valence-corrected chi connectivity index (χ2v) is 4.60. The van der Waals surface area contributed by atoms with Crippen molar-refractivity contribution in [3.05, 3.63) is 58.6 Å². The topological polar surface area (TPSA) is 50.9 Å². The second kappa shape index (κ2) is 5.99. The van der Waals surface area contributed by atoms with Crippen LogP contribution in [0.4, 0.5) is 10.1 Å². The molecule has 2 aromatic rings. The number of aromatic nitrogens is 1. The van der Waals surface area contributed by atoms with Gasteiger partial charge in [0.15, 0.2) is 0 Å². The van der Waals surface area contributed by atoms with Crippen molar-refractivity contribution < 1.29 is 4.39 Å². The quantitative estimate of drug-likeness (QED) is 0.904. The Morgan fingerprint density at radius 1 is 1.37 bits per heavy atom. The number of nitrogens with one attached hydrogen (secondary N) is 1. The number of pyridine rings is 1. The molecule has 2 rings (SSSR count). The summed E-state index contributed by atoms with van der Waals surface area (Å²) in [5, 5.41) is 3.58. The highest BCUT2D eigenvalue weighted by molar-refractivity contribution is 6.30. The number of hydrogen-bond donors (Lipinski definition) is 2. The normalized spacial score (nSPS) is 12.4. The summed E-state index contributed by atoms with van der Waals surface area (Å²) in [5.74, 6) is -0.360. The Labute approximate surface area is 116 Å². The van der Waals surface area contributed by atoms with Gasteiger partial charge >= 0.3 is 0 Å². The van der Waals surface area contributed by atoms with E-state index < -0.39 is 0 Å². The highest BCUT2D eigenvalue weighted by Gasteiger charge is 2.19. The average Bonchev–Trinajstić information content (AvgIpc) is 2.38. The number of anilines is 1. The van der Waals surface area contributed by atoms with Gasteiger partial charge in [-0.2, -0.15) is 0 Å². The van der Waals surface area contributed by atoms with Crippen molar-refractivity contribution >= 4 is 17.3 Å². The van der Waals surface area contributed by atoms with Crippen LogP contribution >= 0.6 is 11.6 Å². The van der Waals surface area contributed by atoms with Crippen molar-refractivity contribution in [1.29, 1.82) is 0 Å². The van der Waals surface area contributed by atoms with Crippen molar-refractivity contribution in [2.24, 2.45) is 0 Å². The van der Waals surface area contributed by atoms with E-state index in [1.165, 1.54) is 6.07 Å². The number of nitrogen functional groups attached to an aromatic ring is 1. The van der Waals surface area contributed by atoms with E-state index in [-0.39, 0.29) is 11.9 Å². The zero-order valence-corrected chi connectivity index (χ0v) is 11.3. The molecule has 0 saturated carbocycles. The van der Waals surface area contributed by atoms with E-state index in [2.05, 4.69) is 10.3 Å². The lowest BCUT2D eigenvalue weighted by Gasteiger charge is -2.20. The van der Waals surface area contributed by atoms with Gasteiger partial charge < -0.3 is 11.1 Å². The summed E-state index contributed by atoms with van der Waals surface area (Å²) in [6.45, 7) is 2.63. The Balaban J connectivity index is 2.48. The largest absolute Gasteiger partial charge is 0.398 e. The van der Waals surface area contributed by atoms with E-state index in [0.717, 1.165) is 5.56 Å². The summed E-state index contributed by atoms with van der Waals surface area (Å²) >= 11 is 5.78. The molecule has 100 valence electrons. The van der Waals surface area contributed by atoms with Gasteiger partial charge in [-0.1, -0.05) is 24.6 Å². The standard InChI is InChI=1S/C14H15ClFN3/c1-2-19-14(11-8-18-6-5-13(11)17)10-4-3-9(15)7-12(10)16/h3-8,14,19H,2H2,1H3,(H2,17,18). The van der Waals surface area contributed by atoms with Crippen LogP contribution in [0, 0.1) is 5.82 Å². The number of benzene rings is 1. The summed E-state index contributed by atoms with van der Waals surface area (Å²) < 4.78 is 14.1. The highest BCUT2D eigenvalue weighted by Crippen LogP contribution is 2.29. The van der Waals surface area contributed by atoms with Gasteiger partial charge in [-0.15, -0.1) is 0 Å². The lowest BCUT2D eigenvalue weighted by molar-refractivity contribution is 0.559. The van der Waals surface area contributed by atoms with E-state index in [9.17, 15) is 4.39 Å². The average molecular weight is 280 g/mol. The minimum Gasteiger partial charge on any atom is -0.398 e. The van der Waals surface area contributed by atoms with Crippen LogP contribution in [-0.2, 0) is 0 Å². The van der Waals surface area contributed by atoms with Crippen LogP contribution in [0.15, 0.2) is 36.7 Å². The van der Waals surface area contributed by atoms with Gasteiger partial charge in [0.05, 0.1) is 6.04 Å². The molecule has 0 amide bonds. The fourth-order valence-electron chi connectivity index (χ4n) is 1.99. The highest BCUT2D eigenvalue weighted by atomic mass is 35.5. The number of hydrogen-bond acceptors (Lipinski definition) is 3. The van der Waals surface area contributed by atoms with Crippen molar-refractivity contribution in [3.8, 4) is 0 Å². The number of nitrogens with two attached hydrogens (primary N) is 1. The smallest absolute Gasteiger partial charge is 0.129 e. The molecule has 0 aliphatic carbocycles. The van der Waals surface area contributed by atoms with Crippen LogP contribution in [0.5, 0.6) is 0 Å². The molecule has 1 aromatic heterocycles.